The van der Waals surface area contributed by atoms with Crippen molar-refractivity contribution in [3.63, 3.8) is 0 Å². The highest BCUT2D eigenvalue weighted by Gasteiger charge is 2.31. The summed E-state index contributed by atoms with van der Waals surface area (Å²) in [6.45, 7) is 14.6. The number of carbonyl (C=O) groups is 1. The van der Waals surface area contributed by atoms with Crippen LogP contribution in [0, 0.1) is 5.92 Å². The lowest BCUT2D eigenvalue weighted by molar-refractivity contribution is -0.0945. The number of hydrogen-bond donors (Lipinski definition) is 1. The van der Waals surface area contributed by atoms with Gasteiger partial charge in [-0.05, 0) is 108 Å². The van der Waals surface area contributed by atoms with Crippen molar-refractivity contribution in [2.24, 2.45) is 5.92 Å². The first kappa shape index (κ1) is 37.4. The molecule has 5 heteroatoms. The number of para-hydroxylation sites is 1. The van der Waals surface area contributed by atoms with E-state index in [9.17, 15) is 4.79 Å². The topological polar surface area (TPSA) is 65.0 Å². The molecule has 1 heterocycles. The fourth-order valence-electron chi connectivity index (χ4n) is 6.35. The Morgan fingerprint density at radius 3 is 1.65 bits per heavy atom. The summed E-state index contributed by atoms with van der Waals surface area (Å²) in [6.07, 6.45) is 1.84. The summed E-state index contributed by atoms with van der Waals surface area (Å²) in [7, 11) is 0. The van der Waals surface area contributed by atoms with Gasteiger partial charge in [-0.3, -0.25) is 4.79 Å². The Bertz CT molecular complexity index is 1820. The van der Waals surface area contributed by atoms with Crippen LogP contribution < -0.4 is 9.47 Å². The average molecular weight is 685 g/mol. The molecule has 5 unspecified atom stereocenters. The van der Waals surface area contributed by atoms with E-state index in [0.29, 0.717) is 23.1 Å². The van der Waals surface area contributed by atoms with Crippen LogP contribution in [0.5, 0.6) is 17.2 Å². The number of ketones is 1. The Hall–Kier alpha value is -4.87. The van der Waals surface area contributed by atoms with Crippen molar-refractivity contribution in [2.45, 2.75) is 91.6 Å². The van der Waals surface area contributed by atoms with Gasteiger partial charge in [-0.15, -0.1) is 0 Å². The van der Waals surface area contributed by atoms with E-state index in [4.69, 9.17) is 19.3 Å². The third-order valence-electron chi connectivity index (χ3n) is 10.1. The van der Waals surface area contributed by atoms with E-state index in [1.165, 1.54) is 33.4 Å². The zero-order valence-electron chi connectivity index (χ0n) is 31.0. The van der Waals surface area contributed by atoms with Gasteiger partial charge in [0.05, 0.1) is 11.5 Å². The fourth-order valence-corrected chi connectivity index (χ4v) is 6.35. The molecule has 51 heavy (non-hydrogen) atoms. The Balaban J connectivity index is 0.000000174. The van der Waals surface area contributed by atoms with Crippen molar-refractivity contribution in [2.75, 3.05) is 0 Å². The van der Waals surface area contributed by atoms with Gasteiger partial charge in [0, 0.05) is 0 Å². The van der Waals surface area contributed by atoms with Crippen molar-refractivity contribution in [3.8, 4) is 28.4 Å². The van der Waals surface area contributed by atoms with Crippen molar-refractivity contribution in [1.29, 1.82) is 0 Å². The Morgan fingerprint density at radius 2 is 1.12 bits per heavy atom. The van der Waals surface area contributed by atoms with E-state index in [1.807, 2.05) is 69.3 Å². The van der Waals surface area contributed by atoms with Gasteiger partial charge in [0.2, 0.25) is 0 Å². The molecule has 0 radical (unpaired) electrons. The quantitative estimate of drug-likeness (QED) is 0.165. The predicted molar refractivity (Wildman–Crippen MR) is 207 cm³/mol. The molecule has 1 aliphatic carbocycles. The lowest BCUT2D eigenvalue weighted by atomic mass is 9.92. The van der Waals surface area contributed by atoms with Crippen LogP contribution in [0.2, 0.25) is 0 Å². The molecular formula is C46H52O5. The standard InChI is InChI=1S/C25H26O2.C11H12O2.C10H14O/c1-4-17(2)19-13-15-20(16-14-19)26-18(3)27-25-23-11-7-5-9-21(23)22-10-6-8-12-24(22)25;1-7-8(2)13-10-6-4-3-5-9(10)11(7)12;1-3-8(2)9-4-6-10(11)7-5-9/h5-18,25H,4H2,1-3H3;3-8H,1-2H3;4-8,11H,3H2,1-2H3. The zero-order chi connectivity index (χ0) is 36.5. The molecule has 5 aromatic rings. The molecule has 0 bridgehead atoms. The Kier molecular flexibility index (Phi) is 12.7. The second-order valence-electron chi connectivity index (χ2n) is 13.6. The predicted octanol–water partition coefficient (Wildman–Crippen LogP) is 11.9. The third-order valence-corrected chi connectivity index (χ3v) is 10.1. The molecule has 0 saturated carbocycles. The molecular weight excluding hydrogens is 633 g/mol. The van der Waals surface area contributed by atoms with E-state index in [0.717, 1.165) is 24.3 Å². The number of hydrogen-bond acceptors (Lipinski definition) is 5. The first-order chi connectivity index (χ1) is 24.6. The molecule has 1 aliphatic heterocycles. The van der Waals surface area contributed by atoms with Crippen LogP contribution in [0.15, 0.2) is 121 Å². The maximum atomic E-state index is 11.7. The molecule has 5 aromatic carbocycles. The summed E-state index contributed by atoms with van der Waals surface area (Å²) in [4.78, 5) is 11.7. The number of aromatic hydroxyl groups is 1. The van der Waals surface area contributed by atoms with Crippen LogP contribution in [-0.2, 0) is 4.74 Å². The van der Waals surface area contributed by atoms with Crippen molar-refractivity contribution in [3.05, 3.63) is 149 Å². The Labute approximate surface area is 304 Å². The highest BCUT2D eigenvalue weighted by atomic mass is 16.7. The largest absolute Gasteiger partial charge is 0.508 e. The SMILES string of the molecule is CC1Oc2ccccc2C(=O)C1C.CCC(C)c1ccc(O)cc1.CCC(C)c1ccc(OC(C)OC2c3ccccc3-c3ccccc32)cc1. The minimum atomic E-state index is -0.344. The summed E-state index contributed by atoms with van der Waals surface area (Å²) < 4.78 is 18.0. The molecule has 0 aromatic heterocycles. The second kappa shape index (κ2) is 17.4. The summed E-state index contributed by atoms with van der Waals surface area (Å²) in [5.74, 6) is 3.23. The minimum Gasteiger partial charge on any atom is -0.508 e. The first-order valence-electron chi connectivity index (χ1n) is 18.3. The normalized spacial score (nSPS) is 17.5. The minimum absolute atomic E-state index is 0.0117. The van der Waals surface area contributed by atoms with E-state index in [1.54, 1.807) is 12.1 Å². The second-order valence-corrected chi connectivity index (χ2v) is 13.6. The lowest BCUT2D eigenvalue weighted by Gasteiger charge is -2.27. The van der Waals surface area contributed by atoms with Crippen molar-refractivity contribution >= 4 is 5.78 Å². The first-order valence-corrected chi connectivity index (χ1v) is 18.3. The summed E-state index contributed by atoms with van der Waals surface area (Å²) in [5, 5.41) is 9.01. The molecule has 0 amide bonds. The van der Waals surface area contributed by atoms with E-state index in [-0.39, 0.29) is 30.2 Å². The monoisotopic (exact) mass is 684 g/mol. The van der Waals surface area contributed by atoms with Gasteiger partial charge >= 0.3 is 0 Å². The lowest BCUT2D eigenvalue weighted by Crippen LogP contribution is -2.33. The number of phenolic OH excluding ortho intramolecular Hbond substituents is 1. The molecule has 7 rings (SSSR count). The smallest absolute Gasteiger partial charge is 0.198 e. The summed E-state index contributed by atoms with van der Waals surface area (Å²) in [6, 6.07) is 40.1. The van der Waals surface area contributed by atoms with Gasteiger partial charge in [0.25, 0.3) is 0 Å². The van der Waals surface area contributed by atoms with Crippen molar-refractivity contribution in [1.82, 2.24) is 0 Å². The number of fused-ring (bicyclic) bond motifs is 4. The van der Waals surface area contributed by atoms with Gasteiger partial charge in [-0.2, -0.15) is 0 Å². The Morgan fingerprint density at radius 1 is 0.647 bits per heavy atom. The fraction of sp³-hybridized carbons (Fsp3) is 0.326. The number of benzene rings is 5. The highest BCUT2D eigenvalue weighted by molar-refractivity contribution is 6.01. The van der Waals surface area contributed by atoms with Gasteiger partial charge < -0.3 is 19.3 Å². The van der Waals surface area contributed by atoms with E-state index < -0.39 is 0 Å². The van der Waals surface area contributed by atoms with Crippen LogP contribution in [-0.4, -0.2) is 23.3 Å². The van der Waals surface area contributed by atoms with Gasteiger partial charge in [-0.1, -0.05) is 120 Å². The molecule has 1 N–H and O–H groups in total. The average Bonchev–Trinajstić information content (AvgIpc) is 3.47. The summed E-state index contributed by atoms with van der Waals surface area (Å²) >= 11 is 0. The number of carbonyl (C=O) groups excluding carboxylic acids is 1. The molecule has 0 fully saturated rings. The van der Waals surface area contributed by atoms with Crippen molar-refractivity contribution < 1.29 is 24.1 Å². The molecule has 266 valence electrons. The highest BCUT2D eigenvalue weighted by Crippen LogP contribution is 2.45. The number of ether oxygens (including phenoxy) is 3. The molecule has 2 aliphatic rings. The van der Waals surface area contributed by atoms with Gasteiger partial charge in [0.15, 0.2) is 12.1 Å². The van der Waals surface area contributed by atoms with Gasteiger partial charge in [0.1, 0.15) is 29.5 Å². The third kappa shape index (κ3) is 9.08. The molecule has 5 atom stereocenters. The zero-order valence-corrected chi connectivity index (χ0v) is 31.0. The van der Waals surface area contributed by atoms with Crippen LogP contribution in [0.3, 0.4) is 0 Å². The van der Waals surface area contributed by atoms with E-state index in [2.05, 4.69) is 88.4 Å². The maximum absolute atomic E-state index is 11.7. The van der Waals surface area contributed by atoms with Crippen LogP contribution in [0.25, 0.3) is 11.1 Å². The van der Waals surface area contributed by atoms with E-state index >= 15 is 0 Å². The van der Waals surface area contributed by atoms with Gasteiger partial charge in [-0.25, -0.2) is 0 Å². The van der Waals surface area contributed by atoms with Crippen LogP contribution >= 0.6 is 0 Å². The number of rotatable bonds is 8. The number of phenols is 1. The molecule has 0 saturated heterocycles. The van der Waals surface area contributed by atoms with Crippen LogP contribution in [0.1, 0.15) is 112 Å². The molecule has 0 spiro atoms. The number of Topliss-reactive ketones (excluding diaryl/α,β-unsaturated/α-hetero) is 1. The maximum Gasteiger partial charge on any atom is 0.198 e. The van der Waals surface area contributed by atoms with Crippen LogP contribution in [0.4, 0.5) is 0 Å². The molecule has 5 nitrogen and oxygen atoms in total. The summed E-state index contributed by atoms with van der Waals surface area (Å²) in [5.41, 5.74) is 8.28.